The second-order valence-corrected chi connectivity index (χ2v) is 5.78. The van der Waals surface area contributed by atoms with Crippen LogP contribution in [0.15, 0.2) is 0 Å². The van der Waals surface area contributed by atoms with Crippen molar-refractivity contribution >= 4 is 0 Å². The van der Waals surface area contributed by atoms with Crippen LogP contribution in [-0.2, 0) is 0 Å². The molecule has 0 radical (unpaired) electrons. The molecule has 15 heavy (non-hydrogen) atoms. The van der Waals surface area contributed by atoms with Crippen molar-refractivity contribution in [2.24, 2.45) is 11.7 Å². The van der Waals surface area contributed by atoms with Crippen LogP contribution in [0.5, 0.6) is 0 Å². The van der Waals surface area contributed by atoms with Gasteiger partial charge in [0.15, 0.2) is 0 Å². The third-order valence-electron chi connectivity index (χ3n) is 3.81. The van der Waals surface area contributed by atoms with Gasteiger partial charge in [-0.15, -0.1) is 0 Å². The number of rotatable bonds is 4. The fourth-order valence-corrected chi connectivity index (χ4v) is 2.59. The summed E-state index contributed by atoms with van der Waals surface area (Å²) in [6, 6.07) is 0. The Hall–Kier alpha value is -0.120. The molecular formula is C12H25N3. The molecule has 0 aromatic carbocycles. The minimum Gasteiger partial charge on any atom is -0.325 e. The van der Waals surface area contributed by atoms with Crippen LogP contribution in [0.2, 0.25) is 0 Å². The highest BCUT2D eigenvalue weighted by Crippen LogP contribution is 2.38. The number of hydrogen-bond donors (Lipinski definition) is 1. The first-order valence-corrected chi connectivity index (χ1v) is 6.27. The van der Waals surface area contributed by atoms with Crippen LogP contribution in [0.3, 0.4) is 0 Å². The van der Waals surface area contributed by atoms with Gasteiger partial charge in [-0.25, -0.2) is 0 Å². The maximum absolute atomic E-state index is 6.15. The standard InChI is InChI=1S/C12H25N3/c1-11(9-12(13)3-4-12)10-15-7-5-14(2)6-8-15/h11H,3-10,13H2,1-2H3. The monoisotopic (exact) mass is 211 g/mol. The third kappa shape index (κ3) is 3.44. The normalized spacial score (nSPS) is 29.0. The van der Waals surface area contributed by atoms with E-state index in [1.165, 1.54) is 52.0 Å². The maximum atomic E-state index is 6.15. The number of likely N-dealkylation sites (N-methyl/N-ethyl adjacent to an activating group) is 1. The van der Waals surface area contributed by atoms with E-state index in [4.69, 9.17) is 5.73 Å². The highest BCUT2D eigenvalue weighted by atomic mass is 15.2. The van der Waals surface area contributed by atoms with Crippen molar-refractivity contribution in [3.8, 4) is 0 Å². The molecule has 3 heteroatoms. The molecule has 3 nitrogen and oxygen atoms in total. The molecule has 0 aromatic rings. The van der Waals surface area contributed by atoms with Crippen molar-refractivity contribution in [1.82, 2.24) is 9.80 Å². The summed E-state index contributed by atoms with van der Waals surface area (Å²) in [6.45, 7) is 8.51. The van der Waals surface area contributed by atoms with Gasteiger partial charge in [-0.3, -0.25) is 0 Å². The van der Waals surface area contributed by atoms with Crippen molar-refractivity contribution in [3.05, 3.63) is 0 Å². The first kappa shape index (κ1) is 11.4. The van der Waals surface area contributed by atoms with Crippen LogP contribution in [0.25, 0.3) is 0 Å². The Labute approximate surface area is 93.6 Å². The molecule has 2 aliphatic rings. The van der Waals surface area contributed by atoms with Crippen LogP contribution < -0.4 is 5.73 Å². The van der Waals surface area contributed by atoms with E-state index in [2.05, 4.69) is 23.8 Å². The van der Waals surface area contributed by atoms with Gasteiger partial charge in [0.25, 0.3) is 0 Å². The van der Waals surface area contributed by atoms with Gasteiger partial charge in [-0.1, -0.05) is 6.92 Å². The van der Waals surface area contributed by atoms with E-state index in [9.17, 15) is 0 Å². The predicted molar refractivity (Wildman–Crippen MR) is 63.9 cm³/mol. The van der Waals surface area contributed by atoms with E-state index in [0.29, 0.717) is 0 Å². The first-order chi connectivity index (χ1) is 7.07. The lowest BCUT2D eigenvalue weighted by molar-refractivity contribution is 0.135. The van der Waals surface area contributed by atoms with Crippen molar-refractivity contribution in [1.29, 1.82) is 0 Å². The Kier molecular flexibility index (Phi) is 3.33. The summed E-state index contributed by atoms with van der Waals surface area (Å²) in [5, 5.41) is 0. The molecule has 1 saturated carbocycles. The zero-order valence-corrected chi connectivity index (χ0v) is 10.2. The van der Waals surface area contributed by atoms with Gasteiger partial charge in [-0.2, -0.15) is 0 Å². The molecule has 1 aliphatic heterocycles. The molecule has 1 unspecified atom stereocenters. The van der Waals surface area contributed by atoms with E-state index in [0.717, 1.165) is 5.92 Å². The van der Waals surface area contributed by atoms with Crippen molar-refractivity contribution in [3.63, 3.8) is 0 Å². The number of nitrogens with zero attached hydrogens (tertiary/aromatic N) is 2. The van der Waals surface area contributed by atoms with Gasteiger partial charge in [-0.05, 0) is 32.2 Å². The predicted octanol–water partition coefficient (Wildman–Crippen LogP) is 0.751. The maximum Gasteiger partial charge on any atom is 0.0158 e. The Morgan fingerprint density at radius 1 is 1.20 bits per heavy atom. The quantitative estimate of drug-likeness (QED) is 0.745. The van der Waals surface area contributed by atoms with E-state index in [1.807, 2.05) is 0 Å². The van der Waals surface area contributed by atoms with Crippen molar-refractivity contribution in [2.75, 3.05) is 39.8 Å². The Balaban J connectivity index is 1.67. The average Bonchev–Trinajstić information content (AvgIpc) is 2.87. The summed E-state index contributed by atoms with van der Waals surface area (Å²) in [4.78, 5) is 5.00. The lowest BCUT2D eigenvalue weighted by Gasteiger charge is -2.34. The molecule has 1 heterocycles. The SMILES string of the molecule is CC(CN1CCN(C)CC1)CC1(N)CC1. The second-order valence-electron chi connectivity index (χ2n) is 5.78. The molecule has 88 valence electrons. The molecule has 0 aromatic heterocycles. The highest BCUT2D eigenvalue weighted by molar-refractivity contribution is 4.99. The summed E-state index contributed by atoms with van der Waals surface area (Å²) in [7, 11) is 2.21. The lowest BCUT2D eigenvalue weighted by atomic mass is 10.00. The molecule has 2 rings (SSSR count). The fraction of sp³-hybridized carbons (Fsp3) is 1.00. The number of hydrogen-bond acceptors (Lipinski definition) is 3. The van der Waals surface area contributed by atoms with Gasteiger partial charge in [0.1, 0.15) is 0 Å². The van der Waals surface area contributed by atoms with Gasteiger partial charge in [0.2, 0.25) is 0 Å². The second kappa shape index (κ2) is 4.40. The number of piperazine rings is 1. The van der Waals surface area contributed by atoms with Crippen molar-refractivity contribution in [2.45, 2.75) is 31.7 Å². The van der Waals surface area contributed by atoms with Gasteiger partial charge < -0.3 is 15.5 Å². The van der Waals surface area contributed by atoms with Gasteiger partial charge in [0, 0.05) is 38.3 Å². The van der Waals surface area contributed by atoms with Crippen molar-refractivity contribution < 1.29 is 0 Å². The minimum absolute atomic E-state index is 0.228. The summed E-state index contributed by atoms with van der Waals surface area (Å²) < 4.78 is 0. The molecule has 0 amide bonds. The molecule has 0 bridgehead atoms. The Morgan fingerprint density at radius 3 is 2.33 bits per heavy atom. The van der Waals surface area contributed by atoms with E-state index in [1.54, 1.807) is 0 Å². The number of nitrogens with two attached hydrogens (primary N) is 1. The van der Waals surface area contributed by atoms with Crippen LogP contribution in [0.1, 0.15) is 26.2 Å². The van der Waals surface area contributed by atoms with Gasteiger partial charge in [0.05, 0.1) is 0 Å². The largest absolute Gasteiger partial charge is 0.325 e. The molecule has 2 N–H and O–H groups in total. The molecule has 2 fully saturated rings. The zero-order valence-electron chi connectivity index (χ0n) is 10.2. The average molecular weight is 211 g/mol. The Morgan fingerprint density at radius 2 is 1.80 bits per heavy atom. The molecular weight excluding hydrogens is 186 g/mol. The molecule has 1 aliphatic carbocycles. The van der Waals surface area contributed by atoms with E-state index < -0.39 is 0 Å². The minimum atomic E-state index is 0.228. The third-order valence-corrected chi connectivity index (χ3v) is 3.81. The van der Waals surface area contributed by atoms with Gasteiger partial charge >= 0.3 is 0 Å². The van der Waals surface area contributed by atoms with Crippen LogP contribution in [-0.4, -0.2) is 55.1 Å². The first-order valence-electron chi connectivity index (χ1n) is 6.27. The van der Waals surface area contributed by atoms with Crippen LogP contribution in [0.4, 0.5) is 0 Å². The topological polar surface area (TPSA) is 32.5 Å². The summed E-state index contributed by atoms with van der Waals surface area (Å²) >= 11 is 0. The molecule has 0 spiro atoms. The zero-order chi connectivity index (χ0) is 10.9. The van der Waals surface area contributed by atoms with Crippen LogP contribution >= 0.6 is 0 Å². The molecule has 1 saturated heterocycles. The highest BCUT2D eigenvalue weighted by Gasteiger charge is 2.39. The van der Waals surface area contributed by atoms with E-state index in [-0.39, 0.29) is 5.54 Å². The fourth-order valence-electron chi connectivity index (χ4n) is 2.59. The smallest absolute Gasteiger partial charge is 0.0158 e. The Bertz CT molecular complexity index is 205. The summed E-state index contributed by atoms with van der Waals surface area (Å²) in [5.41, 5.74) is 6.38. The van der Waals surface area contributed by atoms with E-state index >= 15 is 0 Å². The lowest BCUT2D eigenvalue weighted by Crippen LogP contribution is -2.46. The van der Waals surface area contributed by atoms with Crippen LogP contribution in [0, 0.1) is 5.92 Å². The summed E-state index contributed by atoms with van der Waals surface area (Å²) in [5.74, 6) is 0.765. The molecule has 1 atom stereocenters. The summed E-state index contributed by atoms with van der Waals surface area (Å²) in [6.07, 6.45) is 3.72.